The lowest BCUT2D eigenvalue weighted by Gasteiger charge is -1.98. The number of hydrogen-bond donors (Lipinski definition) is 4. The molecule has 23 heavy (non-hydrogen) atoms. The van der Waals surface area contributed by atoms with E-state index in [0.29, 0.717) is 0 Å². The number of amides is 1. The van der Waals surface area contributed by atoms with Crippen LogP contribution in [0.25, 0.3) is 0 Å². The van der Waals surface area contributed by atoms with Gasteiger partial charge in [-0.25, -0.2) is 14.8 Å². The lowest BCUT2D eigenvalue weighted by atomic mass is 10.3. The van der Waals surface area contributed by atoms with Crippen LogP contribution in [0.5, 0.6) is 0 Å². The van der Waals surface area contributed by atoms with Gasteiger partial charge in [0, 0.05) is 0 Å². The van der Waals surface area contributed by atoms with Crippen LogP contribution in [-0.2, 0) is 0 Å². The molecule has 7 N–H and O–H groups in total. The SMILES string of the molecule is Cl.NC(=O)c1nc(Cl)ccc1N.Nc1ccc(Cl)nc1C(=O)O. The molecular formula is C12H12Cl3N5O3. The zero-order chi connectivity index (χ0) is 16.9. The minimum Gasteiger partial charge on any atom is -0.476 e. The van der Waals surface area contributed by atoms with Gasteiger partial charge in [0.2, 0.25) is 0 Å². The second-order valence-corrected chi connectivity index (χ2v) is 4.59. The standard InChI is InChI=1S/C6H6ClN3O.C6H5ClN2O2.ClH/c7-4-2-1-3(8)5(10-4)6(9)11;7-4-2-1-3(8)5(9-4)6(10)11;/h1-2H,8H2,(H2,9,11);1-2H,8H2,(H,10,11);1H. The maximum Gasteiger partial charge on any atom is 0.356 e. The first-order valence-corrected chi connectivity index (χ1v) is 6.35. The van der Waals surface area contributed by atoms with Crippen molar-refractivity contribution in [2.45, 2.75) is 0 Å². The van der Waals surface area contributed by atoms with Crippen molar-refractivity contribution < 1.29 is 14.7 Å². The molecule has 0 aliphatic carbocycles. The Hall–Kier alpha value is -2.29. The summed E-state index contributed by atoms with van der Waals surface area (Å²) in [6, 6.07) is 5.81. The lowest BCUT2D eigenvalue weighted by Crippen LogP contribution is -2.15. The van der Waals surface area contributed by atoms with Crippen molar-refractivity contribution >= 4 is 58.9 Å². The average Bonchev–Trinajstić information content (AvgIpc) is 2.44. The summed E-state index contributed by atoms with van der Waals surface area (Å²) < 4.78 is 0. The third-order valence-electron chi connectivity index (χ3n) is 2.22. The summed E-state index contributed by atoms with van der Waals surface area (Å²) in [6.45, 7) is 0. The first-order valence-electron chi connectivity index (χ1n) is 5.59. The molecule has 0 saturated carbocycles. The van der Waals surface area contributed by atoms with E-state index in [0.717, 1.165) is 0 Å². The number of carbonyl (C=O) groups is 2. The van der Waals surface area contributed by atoms with Crippen molar-refractivity contribution in [3.63, 3.8) is 0 Å². The van der Waals surface area contributed by atoms with Gasteiger partial charge in [0.25, 0.3) is 5.91 Å². The molecular weight excluding hydrogens is 369 g/mol. The van der Waals surface area contributed by atoms with E-state index in [1.807, 2.05) is 0 Å². The lowest BCUT2D eigenvalue weighted by molar-refractivity contribution is 0.0691. The number of anilines is 2. The minimum absolute atomic E-state index is 0. The number of halogens is 3. The molecule has 2 aromatic rings. The van der Waals surface area contributed by atoms with Gasteiger partial charge in [0.1, 0.15) is 10.3 Å². The number of pyridine rings is 2. The molecule has 1 amide bonds. The largest absolute Gasteiger partial charge is 0.476 e. The zero-order valence-corrected chi connectivity index (χ0v) is 13.7. The predicted molar refractivity (Wildman–Crippen MR) is 90.0 cm³/mol. The van der Waals surface area contributed by atoms with Crippen LogP contribution in [0.1, 0.15) is 21.0 Å². The van der Waals surface area contributed by atoms with Gasteiger partial charge in [-0.3, -0.25) is 4.79 Å². The number of primary amides is 1. The van der Waals surface area contributed by atoms with Crippen molar-refractivity contribution in [1.29, 1.82) is 0 Å². The van der Waals surface area contributed by atoms with Crippen LogP contribution in [0.3, 0.4) is 0 Å². The van der Waals surface area contributed by atoms with Crippen molar-refractivity contribution in [2.24, 2.45) is 5.73 Å². The second kappa shape index (κ2) is 8.99. The monoisotopic (exact) mass is 379 g/mol. The molecule has 0 saturated heterocycles. The fraction of sp³-hybridized carbons (Fsp3) is 0. The van der Waals surface area contributed by atoms with Gasteiger partial charge in [-0.15, -0.1) is 12.4 Å². The number of nitrogen functional groups attached to an aromatic ring is 2. The molecule has 0 atom stereocenters. The highest BCUT2D eigenvalue weighted by Gasteiger charge is 2.09. The summed E-state index contributed by atoms with van der Waals surface area (Å²) in [5, 5.41) is 8.81. The smallest absolute Gasteiger partial charge is 0.356 e. The van der Waals surface area contributed by atoms with Crippen molar-refractivity contribution in [3.8, 4) is 0 Å². The molecule has 0 radical (unpaired) electrons. The fourth-order valence-electron chi connectivity index (χ4n) is 1.26. The number of hydrogen-bond acceptors (Lipinski definition) is 6. The van der Waals surface area contributed by atoms with Crippen LogP contribution in [0.15, 0.2) is 24.3 Å². The topological polar surface area (TPSA) is 158 Å². The maximum atomic E-state index is 10.6. The van der Waals surface area contributed by atoms with Gasteiger partial charge in [-0.2, -0.15) is 0 Å². The Labute approximate surface area is 147 Å². The number of nitrogens with zero attached hydrogens (tertiary/aromatic N) is 2. The summed E-state index contributed by atoms with van der Waals surface area (Å²) in [6.07, 6.45) is 0. The molecule has 2 aromatic heterocycles. The zero-order valence-electron chi connectivity index (χ0n) is 11.4. The average molecular weight is 381 g/mol. The van der Waals surface area contributed by atoms with Gasteiger partial charge < -0.3 is 22.3 Å². The van der Waals surface area contributed by atoms with E-state index in [9.17, 15) is 9.59 Å². The molecule has 0 aliphatic rings. The number of rotatable bonds is 2. The number of carbonyl (C=O) groups excluding carboxylic acids is 1. The highest BCUT2D eigenvalue weighted by Crippen LogP contribution is 2.13. The maximum absolute atomic E-state index is 10.6. The first-order chi connectivity index (χ1) is 10.2. The summed E-state index contributed by atoms with van der Waals surface area (Å²) >= 11 is 10.9. The summed E-state index contributed by atoms with van der Waals surface area (Å²) in [5.74, 6) is -1.85. The van der Waals surface area contributed by atoms with E-state index < -0.39 is 11.9 Å². The number of carboxylic acid groups (broad SMARTS) is 1. The highest BCUT2D eigenvalue weighted by molar-refractivity contribution is 6.30. The van der Waals surface area contributed by atoms with E-state index in [4.69, 9.17) is 45.5 Å². The Morgan fingerprint density at radius 2 is 1.30 bits per heavy atom. The van der Waals surface area contributed by atoms with Crippen molar-refractivity contribution in [1.82, 2.24) is 9.97 Å². The predicted octanol–water partition coefficient (Wildman–Crippen LogP) is 1.85. The number of aromatic nitrogens is 2. The normalized spacial score (nSPS) is 9.13. The Morgan fingerprint density at radius 1 is 0.913 bits per heavy atom. The Morgan fingerprint density at radius 3 is 1.61 bits per heavy atom. The molecule has 0 aromatic carbocycles. The quantitative estimate of drug-likeness (QED) is 0.578. The van der Waals surface area contributed by atoms with Crippen LogP contribution in [0.2, 0.25) is 10.3 Å². The molecule has 0 fully saturated rings. The van der Waals surface area contributed by atoms with Gasteiger partial charge >= 0.3 is 5.97 Å². The molecule has 2 heterocycles. The highest BCUT2D eigenvalue weighted by atomic mass is 35.5. The molecule has 0 aliphatic heterocycles. The third-order valence-corrected chi connectivity index (χ3v) is 2.64. The molecule has 8 nitrogen and oxygen atoms in total. The van der Waals surface area contributed by atoms with Gasteiger partial charge in [0.15, 0.2) is 11.4 Å². The van der Waals surface area contributed by atoms with Gasteiger partial charge in [-0.05, 0) is 24.3 Å². The second-order valence-electron chi connectivity index (χ2n) is 3.81. The number of carboxylic acids is 1. The van der Waals surface area contributed by atoms with E-state index >= 15 is 0 Å². The van der Waals surface area contributed by atoms with Crippen LogP contribution in [-0.4, -0.2) is 27.0 Å². The summed E-state index contributed by atoms with van der Waals surface area (Å²) in [5.41, 5.74) is 15.8. The van der Waals surface area contributed by atoms with Crippen LogP contribution in [0.4, 0.5) is 11.4 Å². The number of aromatic carboxylic acids is 1. The van der Waals surface area contributed by atoms with E-state index in [1.165, 1.54) is 24.3 Å². The van der Waals surface area contributed by atoms with Crippen molar-refractivity contribution in [2.75, 3.05) is 11.5 Å². The van der Waals surface area contributed by atoms with Crippen molar-refractivity contribution in [3.05, 3.63) is 46.0 Å². The van der Waals surface area contributed by atoms with E-state index in [1.54, 1.807) is 0 Å². The van der Waals surface area contributed by atoms with Gasteiger partial charge in [0.05, 0.1) is 11.4 Å². The Bertz CT molecular complexity index is 666. The van der Waals surface area contributed by atoms with Gasteiger partial charge in [-0.1, -0.05) is 23.2 Å². The first kappa shape index (κ1) is 20.7. The van der Waals surface area contributed by atoms with Crippen LogP contribution in [0, 0.1) is 0 Å². The Kier molecular flexibility index (Phi) is 8.09. The molecule has 2 rings (SSSR count). The molecule has 124 valence electrons. The van der Waals surface area contributed by atoms with Crippen LogP contribution < -0.4 is 17.2 Å². The van der Waals surface area contributed by atoms with Crippen LogP contribution >= 0.6 is 35.6 Å². The van der Waals surface area contributed by atoms with E-state index in [-0.39, 0.29) is 45.5 Å². The molecule has 0 unspecified atom stereocenters. The molecule has 11 heteroatoms. The minimum atomic E-state index is -1.18. The summed E-state index contributed by atoms with van der Waals surface area (Å²) in [7, 11) is 0. The Balaban J connectivity index is 0.000000403. The third kappa shape index (κ3) is 6.15. The number of nitrogens with two attached hydrogens (primary N) is 3. The molecule has 0 bridgehead atoms. The fourth-order valence-corrected chi connectivity index (χ4v) is 1.56. The molecule has 0 spiro atoms. The summed E-state index contributed by atoms with van der Waals surface area (Å²) in [4.78, 5) is 28.1. The van der Waals surface area contributed by atoms with E-state index in [2.05, 4.69) is 9.97 Å².